The Kier molecular flexibility index (Phi) is 3.22. The molecule has 0 aromatic heterocycles. The minimum atomic E-state index is 0.525. The molecule has 0 bridgehead atoms. The molecule has 1 aliphatic heterocycles. The van der Waals surface area contributed by atoms with Crippen LogP contribution in [0, 0.1) is 0 Å². The first-order valence-corrected chi connectivity index (χ1v) is 4.12. The maximum absolute atomic E-state index is 5.15. The van der Waals surface area contributed by atoms with Crippen LogP contribution < -0.4 is 0 Å². The second-order valence-electron chi connectivity index (χ2n) is 2.97. The summed E-state index contributed by atoms with van der Waals surface area (Å²) >= 11 is 0. The van der Waals surface area contributed by atoms with E-state index in [1.807, 2.05) is 0 Å². The van der Waals surface area contributed by atoms with E-state index in [9.17, 15) is 0 Å². The minimum Gasteiger partial charge on any atom is -0.436 e. The average molecular weight is 141 g/mol. The fourth-order valence-corrected chi connectivity index (χ4v) is 1.24. The van der Waals surface area contributed by atoms with Crippen molar-refractivity contribution in [3.8, 4) is 0 Å². The molecule has 1 heterocycles. The van der Waals surface area contributed by atoms with Crippen molar-refractivity contribution in [3.63, 3.8) is 0 Å². The summed E-state index contributed by atoms with van der Waals surface area (Å²) < 4.78 is 5.15. The van der Waals surface area contributed by atoms with Crippen molar-refractivity contribution in [1.29, 1.82) is 0 Å². The van der Waals surface area contributed by atoms with Crippen LogP contribution in [0.4, 0.5) is 0 Å². The highest BCUT2D eigenvalue weighted by Gasteiger charge is 2.30. The average Bonchev–Trinajstić information content (AvgIpc) is 1.86. The Bertz CT molecular complexity index is 90.9. The molecule has 3 heteroatoms. The van der Waals surface area contributed by atoms with Gasteiger partial charge >= 0.3 is 6.92 Å². The third kappa shape index (κ3) is 1.99. The smallest absolute Gasteiger partial charge is 0.320 e. The van der Waals surface area contributed by atoms with E-state index in [1.54, 1.807) is 7.11 Å². The van der Waals surface area contributed by atoms with Crippen molar-refractivity contribution in [2.75, 3.05) is 26.5 Å². The van der Waals surface area contributed by atoms with E-state index in [1.165, 1.54) is 19.4 Å². The van der Waals surface area contributed by atoms with E-state index < -0.39 is 0 Å². The van der Waals surface area contributed by atoms with Gasteiger partial charge in [0.2, 0.25) is 0 Å². The predicted molar refractivity (Wildman–Crippen MR) is 44.1 cm³/mol. The molecule has 0 unspecified atom stereocenters. The van der Waals surface area contributed by atoms with E-state index in [-0.39, 0.29) is 0 Å². The van der Waals surface area contributed by atoms with Crippen molar-refractivity contribution in [1.82, 2.24) is 4.90 Å². The number of hydrogen-bond donors (Lipinski definition) is 0. The van der Waals surface area contributed by atoms with Crippen LogP contribution in [0.1, 0.15) is 19.8 Å². The molecule has 0 aliphatic carbocycles. The Morgan fingerprint density at radius 1 is 1.50 bits per heavy atom. The lowest BCUT2D eigenvalue weighted by atomic mass is 9.59. The first-order valence-electron chi connectivity index (χ1n) is 4.12. The Hall–Kier alpha value is -0.0151. The Balaban J connectivity index is 1.93. The molecule has 0 N–H and O–H groups in total. The van der Waals surface area contributed by atoms with Crippen LogP contribution in [-0.4, -0.2) is 38.4 Å². The highest BCUT2D eigenvalue weighted by molar-refractivity contribution is 6.55. The molecule has 0 aromatic carbocycles. The van der Waals surface area contributed by atoms with Crippen LogP contribution in [-0.2, 0) is 4.65 Å². The summed E-state index contributed by atoms with van der Waals surface area (Å²) in [4.78, 5) is 2.44. The van der Waals surface area contributed by atoms with Gasteiger partial charge in [0, 0.05) is 20.0 Å². The van der Waals surface area contributed by atoms with Crippen LogP contribution in [0.25, 0.3) is 0 Å². The summed E-state index contributed by atoms with van der Waals surface area (Å²) in [5.74, 6) is 0. The van der Waals surface area contributed by atoms with Gasteiger partial charge in [-0.15, -0.1) is 0 Å². The monoisotopic (exact) mass is 141 g/mol. The Labute approximate surface area is 63.7 Å². The fourth-order valence-electron chi connectivity index (χ4n) is 1.24. The zero-order valence-corrected chi connectivity index (χ0v) is 6.97. The van der Waals surface area contributed by atoms with E-state index >= 15 is 0 Å². The van der Waals surface area contributed by atoms with Gasteiger partial charge in [-0.05, 0) is 13.0 Å². The second kappa shape index (κ2) is 3.99. The van der Waals surface area contributed by atoms with E-state index in [0.29, 0.717) is 6.92 Å². The normalized spacial score (nSPS) is 19.2. The first-order chi connectivity index (χ1) is 4.86. The van der Waals surface area contributed by atoms with Gasteiger partial charge in [-0.1, -0.05) is 13.3 Å². The lowest BCUT2D eigenvalue weighted by molar-refractivity contribution is 0.252. The number of rotatable bonds is 4. The van der Waals surface area contributed by atoms with Gasteiger partial charge < -0.3 is 9.55 Å². The van der Waals surface area contributed by atoms with E-state index in [0.717, 1.165) is 12.9 Å². The van der Waals surface area contributed by atoms with Crippen LogP contribution in [0.2, 0.25) is 0 Å². The lowest BCUT2D eigenvalue weighted by Crippen LogP contribution is -2.55. The standard InChI is InChI=1S/C7H16BNO/c1-3-4-5-9-6-8(7-9)10-2/h3-7H2,1-2H3. The fraction of sp³-hybridized carbons (Fsp3) is 1.00. The molecule has 1 saturated heterocycles. The number of nitrogens with zero attached hydrogens (tertiary/aromatic N) is 1. The van der Waals surface area contributed by atoms with Gasteiger partial charge in [-0.2, -0.15) is 0 Å². The van der Waals surface area contributed by atoms with Gasteiger partial charge in [0.05, 0.1) is 0 Å². The Morgan fingerprint density at radius 2 is 2.20 bits per heavy atom. The quantitative estimate of drug-likeness (QED) is 0.537. The van der Waals surface area contributed by atoms with Crippen LogP contribution in [0.5, 0.6) is 0 Å². The van der Waals surface area contributed by atoms with Gasteiger partial charge in [0.25, 0.3) is 0 Å². The zero-order valence-electron chi connectivity index (χ0n) is 6.97. The minimum absolute atomic E-state index is 0.525. The Morgan fingerprint density at radius 3 is 2.70 bits per heavy atom. The first kappa shape index (κ1) is 8.09. The highest BCUT2D eigenvalue weighted by Crippen LogP contribution is 2.07. The second-order valence-corrected chi connectivity index (χ2v) is 2.97. The molecule has 0 aromatic rings. The molecular formula is C7H16BNO. The van der Waals surface area contributed by atoms with Gasteiger partial charge in [0.1, 0.15) is 0 Å². The van der Waals surface area contributed by atoms with E-state index in [4.69, 9.17) is 4.65 Å². The van der Waals surface area contributed by atoms with Gasteiger partial charge in [0.15, 0.2) is 0 Å². The molecule has 58 valence electrons. The van der Waals surface area contributed by atoms with E-state index in [2.05, 4.69) is 11.8 Å². The number of unbranched alkanes of at least 4 members (excludes halogenated alkanes) is 1. The van der Waals surface area contributed by atoms with Crippen LogP contribution in [0.15, 0.2) is 0 Å². The van der Waals surface area contributed by atoms with Crippen LogP contribution in [0.3, 0.4) is 0 Å². The molecule has 1 fully saturated rings. The molecule has 0 spiro atoms. The molecule has 2 nitrogen and oxygen atoms in total. The van der Waals surface area contributed by atoms with Crippen molar-refractivity contribution in [2.45, 2.75) is 19.8 Å². The maximum Gasteiger partial charge on any atom is 0.320 e. The number of hydrogen-bond acceptors (Lipinski definition) is 2. The summed E-state index contributed by atoms with van der Waals surface area (Å²) in [6.45, 7) is 4.01. The highest BCUT2D eigenvalue weighted by atomic mass is 16.4. The summed E-state index contributed by atoms with van der Waals surface area (Å²) in [6, 6.07) is 0. The van der Waals surface area contributed by atoms with Crippen molar-refractivity contribution in [3.05, 3.63) is 0 Å². The molecule has 1 rings (SSSR count). The topological polar surface area (TPSA) is 12.5 Å². The summed E-state index contributed by atoms with van der Waals surface area (Å²) in [7, 11) is 1.79. The SMILES string of the molecule is CCCCN1CB(OC)C1. The predicted octanol–water partition coefficient (Wildman–Crippen LogP) is 0.818. The molecule has 10 heavy (non-hydrogen) atoms. The summed E-state index contributed by atoms with van der Waals surface area (Å²) in [6.07, 6.45) is 4.93. The molecule has 0 saturated carbocycles. The van der Waals surface area contributed by atoms with Gasteiger partial charge in [-0.3, -0.25) is 0 Å². The third-order valence-electron chi connectivity index (χ3n) is 2.08. The van der Waals surface area contributed by atoms with Crippen LogP contribution >= 0.6 is 0 Å². The molecule has 0 amide bonds. The summed E-state index contributed by atoms with van der Waals surface area (Å²) in [5, 5.41) is 0. The maximum atomic E-state index is 5.15. The van der Waals surface area contributed by atoms with Crippen molar-refractivity contribution < 1.29 is 4.65 Å². The third-order valence-corrected chi connectivity index (χ3v) is 2.08. The lowest BCUT2D eigenvalue weighted by Gasteiger charge is -2.35. The van der Waals surface area contributed by atoms with Crippen molar-refractivity contribution >= 4 is 6.92 Å². The molecule has 0 atom stereocenters. The molecule has 0 radical (unpaired) electrons. The van der Waals surface area contributed by atoms with Crippen molar-refractivity contribution in [2.24, 2.45) is 0 Å². The van der Waals surface area contributed by atoms with Gasteiger partial charge in [-0.25, -0.2) is 0 Å². The summed E-state index contributed by atoms with van der Waals surface area (Å²) in [5.41, 5.74) is 0. The molecule has 1 aliphatic rings. The molecular weight excluding hydrogens is 125 g/mol. The zero-order chi connectivity index (χ0) is 7.40. The largest absolute Gasteiger partial charge is 0.436 e.